The van der Waals surface area contributed by atoms with Gasteiger partial charge in [0.05, 0.1) is 17.3 Å². The second-order valence-electron chi connectivity index (χ2n) is 6.94. The van der Waals surface area contributed by atoms with Gasteiger partial charge in [0.2, 0.25) is 0 Å². The maximum absolute atomic E-state index is 14.5. The number of rotatable bonds is 4. The van der Waals surface area contributed by atoms with E-state index in [1.807, 2.05) is 0 Å². The standard InChI is InChI=1S/C21H14F5N2O2.Pt/c1-20(2,16-8-4-6-14(28-16)19(29)30)15-7-3-5-13(27-15)11-9-10-12(22)17(18(11)23)21(24,25)26;/h3-8,10H,1-2H3,(H,29,30);/q-1;. The molecule has 2 heterocycles. The van der Waals surface area contributed by atoms with E-state index in [-0.39, 0.29) is 32.5 Å². The van der Waals surface area contributed by atoms with Gasteiger partial charge in [-0.3, -0.25) is 8.78 Å². The van der Waals surface area contributed by atoms with Gasteiger partial charge in [0, 0.05) is 37.7 Å². The zero-order valence-corrected chi connectivity index (χ0v) is 18.3. The van der Waals surface area contributed by atoms with Gasteiger partial charge >= 0.3 is 12.1 Å². The van der Waals surface area contributed by atoms with Crippen LogP contribution in [0.2, 0.25) is 0 Å². The Morgan fingerprint density at radius 2 is 1.58 bits per heavy atom. The van der Waals surface area contributed by atoms with Gasteiger partial charge in [0.25, 0.3) is 0 Å². The second kappa shape index (κ2) is 8.83. The van der Waals surface area contributed by atoms with Crippen molar-refractivity contribution in [1.82, 2.24) is 9.97 Å². The number of benzene rings is 1. The van der Waals surface area contributed by atoms with Crippen molar-refractivity contribution in [3.05, 3.63) is 82.8 Å². The number of hydrogen-bond acceptors (Lipinski definition) is 3. The van der Waals surface area contributed by atoms with Crippen LogP contribution in [0.3, 0.4) is 0 Å². The molecule has 2 aromatic heterocycles. The third kappa shape index (κ3) is 4.82. The molecule has 1 aromatic carbocycles. The third-order valence-corrected chi connectivity index (χ3v) is 4.56. The number of hydrogen-bond donors (Lipinski definition) is 1. The van der Waals surface area contributed by atoms with Gasteiger partial charge in [-0.15, -0.1) is 12.1 Å². The van der Waals surface area contributed by atoms with Crippen LogP contribution in [-0.4, -0.2) is 21.0 Å². The minimum Gasteiger partial charge on any atom is -0.477 e. The molecule has 0 radical (unpaired) electrons. The van der Waals surface area contributed by atoms with Crippen LogP contribution in [0.5, 0.6) is 0 Å². The van der Waals surface area contributed by atoms with Crippen LogP contribution in [0, 0.1) is 17.7 Å². The average Bonchev–Trinajstić information content (AvgIpc) is 2.67. The van der Waals surface area contributed by atoms with Crippen molar-refractivity contribution in [3.8, 4) is 11.3 Å². The molecule has 0 unspecified atom stereocenters. The third-order valence-electron chi connectivity index (χ3n) is 4.56. The van der Waals surface area contributed by atoms with Crippen molar-refractivity contribution in [2.45, 2.75) is 25.4 Å². The maximum Gasteiger partial charge on any atom is 0.405 e. The van der Waals surface area contributed by atoms with Crippen molar-refractivity contribution in [3.63, 3.8) is 0 Å². The summed E-state index contributed by atoms with van der Waals surface area (Å²) in [6, 6.07) is 11.2. The molecule has 166 valence electrons. The molecular formula is C21H14F5N2O2Pt-. The molecular weight excluding hydrogens is 602 g/mol. The molecule has 0 aliphatic rings. The van der Waals surface area contributed by atoms with E-state index >= 15 is 0 Å². The minimum absolute atomic E-state index is 0. The number of carboxylic acid groups (broad SMARTS) is 1. The molecule has 1 N–H and O–H groups in total. The Labute approximate surface area is 188 Å². The fraction of sp³-hybridized carbons (Fsp3) is 0.190. The van der Waals surface area contributed by atoms with E-state index in [9.17, 15) is 26.7 Å². The molecule has 4 nitrogen and oxygen atoms in total. The Bertz CT molecular complexity index is 1130. The zero-order chi connectivity index (χ0) is 22.3. The molecule has 10 heteroatoms. The first kappa shape index (κ1) is 24.6. The quantitative estimate of drug-likeness (QED) is 0.321. The Morgan fingerprint density at radius 3 is 2.16 bits per heavy atom. The number of halogens is 5. The number of pyridine rings is 2. The van der Waals surface area contributed by atoms with E-state index < -0.39 is 40.3 Å². The van der Waals surface area contributed by atoms with E-state index in [1.165, 1.54) is 24.3 Å². The normalized spacial score (nSPS) is 11.7. The van der Waals surface area contributed by atoms with Crippen LogP contribution in [0.15, 0.2) is 42.5 Å². The summed E-state index contributed by atoms with van der Waals surface area (Å²) in [6.07, 6.45) is -5.23. The summed E-state index contributed by atoms with van der Waals surface area (Å²) in [5.74, 6) is -4.80. The molecule has 3 rings (SSSR count). The fourth-order valence-corrected chi connectivity index (χ4v) is 2.90. The number of carboxylic acids is 1. The van der Waals surface area contributed by atoms with Gasteiger partial charge in [-0.2, -0.15) is 13.2 Å². The van der Waals surface area contributed by atoms with Gasteiger partial charge in [0.15, 0.2) is 0 Å². The summed E-state index contributed by atoms with van der Waals surface area (Å²) in [6.45, 7) is 3.36. The van der Waals surface area contributed by atoms with Gasteiger partial charge in [-0.1, -0.05) is 23.8 Å². The van der Waals surface area contributed by atoms with Crippen molar-refractivity contribution in [2.24, 2.45) is 0 Å². The summed E-state index contributed by atoms with van der Waals surface area (Å²) >= 11 is 0. The molecule has 31 heavy (non-hydrogen) atoms. The second-order valence-corrected chi connectivity index (χ2v) is 6.94. The summed E-state index contributed by atoms with van der Waals surface area (Å²) in [5, 5.41) is 9.14. The molecule has 0 atom stereocenters. The van der Waals surface area contributed by atoms with Crippen molar-refractivity contribution < 1.29 is 52.9 Å². The Morgan fingerprint density at radius 1 is 1.00 bits per heavy atom. The molecule has 0 aliphatic carbocycles. The van der Waals surface area contributed by atoms with Gasteiger partial charge in [0.1, 0.15) is 5.69 Å². The minimum atomic E-state index is -5.23. The number of aromatic carboxylic acids is 1. The van der Waals surface area contributed by atoms with Crippen molar-refractivity contribution in [1.29, 1.82) is 0 Å². The van der Waals surface area contributed by atoms with E-state index in [0.717, 1.165) is 0 Å². The number of nitrogens with zero attached hydrogens (tertiary/aromatic N) is 2. The molecule has 0 spiro atoms. The number of carbonyl (C=O) groups is 1. The predicted molar refractivity (Wildman–Crippen MR) is 96.8 cm³/mol. The molecule has 0 bridgehead atoms. The monoisotopic (exact) mass is 616 g/mol. The largest absolute Gasteiger partial charge is 0.477 e. The first-order valence-corrected chi connectivity index (χ1v) is 8.58. The zero-order valence-electron chi connectivity index (χ0n) is 16.0. The first-order valence-electron chi connectivity index (χ1n) is 8.58. The number of alkyl halides is 3. The smallest absolute Gasteiger partial charge is 0.405 e. The Balaban J connectivity index is 0.00000341. The van der Waals surface area contributed by atoms with Crippen molar-refractivity contribution >= 4 is 5.97 Å². The van der Waals surface area contributed by atoms with Gasteiger partial charge in [-0.05, 0) is 37.7 Å². The fourth-order valence-electron chi connectivity index (χ4n) is 2.90. The van der Waals surface area contributed by atoms with Crippen LogP contribution >= 0.6 is 0 Å². The van der Waals surface area contributed by atoms with E-state index in [1.54, 1.807) is 26.0 Å². The number of aromatic nitrogens is 2. The van der Waals surface area contributed by atoms with Crippen LogP contribution < -0.4 is 0 Å². The molecule has 3 aromatic rings. The topological polar surface area (TPSA) is 63.1 Å². The Hall–Kier alpha value is -2.67. The van der Waals surface area contributed by atoms with Crippen LogP contribution in [0.1, 0.15) is 41.3 Å². The SMILES string of the molecule is CC(C)(c1cccc(C(=O)O)n1)c1cccc(-c2[c-]cc(F)c(C(F)(F)F)c2F)n1.[Pt]. The summed E-state index contributed by atoms with van der Waals surface area (Å²) < 4.78 is 67.1. The van der Waals surface area contributed by atoms with Crippen molar-refractivity contribution in [2.75, 3.05) is 0 Å². The van der Waals surface area contributed by atoms with E-state index in [2.05, 4.69) is 16.0 Å². The summed E-state index contributed by atoms with van der Waals surface area (Å²) in [7, 11) is 0. The van der Waals surface area contributed by atoms with Gasteiger partial charge in [-0.25, -0.2) is 9.78 Å². The van der Waals surface area contributed by atoms with Crippen LogP contribution in [-0.2, 0) is 32.7 Å². The Kier molecular flexibility index (Phi) is 7.00. The van der Waals surface area contributed by atoms with E-state index in [0.29, 0.717) is 17.5 Å². The maximum atomic E-state index is 14.5. The molecule has 0 saturated heterocycles. The van der Waals surface area contributed by atoms with Crippen LogP contribution in [0.25, 0.3) is 11.3 Å². The first-order chi connectivity index (χ1) is 13.9. The molecule has 0 amide bonds. The molecule has 0 saturated carbocycles. The van der Waals surface area contributed by atoms with Crippen LogP contribution in [0.4, 0.5) is 22.0 Å². The summed E-state index contributed by atoms with van der Waals surface area (Å²) in [5.41, 5.74) is -3.35. The molecule has 0 fully saturated rings. The molecule has 0 aliphatic heterocycles. The average molecular weight is 616 g/mol. The van der Waals surface area contributed by atoms with Gasteiger partial charge < -0.3 is 10.1 Å². The predicted octanol–water partition coefficient (Wildman–Crippen LogP) is 5.26. The van der Waals surface area contributed by atoms with E-state index in [4.69, 9.17) is 5.11 Å². The summed E-state index contributed by atoms with van der Waals surface area (Å²) in [4.78, 5) is 19.5.